The molecule has 0 amide bonds. The molecule has 0 spiro atoms. The number of nitrogens with one attached hydrogen (secondary N) is 1. The first-order chi connectivity index (χ1) is 15.3. The van der Waals surface area contributed by atoms with Gasteiger partial charge in [0.05, 0.1) is 40.1 Å². The van der Waals surface area contributed by atoms with Gasteiger partial charge in [0.1, 0.15) is 23.4 Å². The lowest BCUT2D eigenvalue weighted by atomic mass is 10.0. The van der Waals surface area contributed by atoms with E-state index in [1.807, 2.05) is 0 Å². The standard InChI is InChI=1S/C21H17F2N7O2/c1-12-21(29(2)28-27-12)13-3-8-19(30(31)32)18(9-13)26-20(16-6-4-14(22)10-24-16)17-7-5-15(23)11-25-17/h3-11,20,26H,1-2H3. The van der Waals surface area contributed by atoms with Gasteiger partial charge in [-0.15, -0.1) is 5.10 Å². The minimum atomic E-state index is -0.809. The minimum absolute atomic E-state index is 0.176. The molecule has 0 aliphatic heterocycles. The molecular weight excluding hydrogens is 420 g/mol. The van der Waals surface area contributed by atoms with Crippen LogP contribution in [-0.2, 0) is 7.05 Å². The maximum atomic E-state index is 13.4. The highest BCUT2D eigenvalue weighted by Crippen LogP contribution is 2.34. The van der Waals surface area contributed by atoms with Gasteiger partial charge in [-0.25, -0.2) is 13.5 Å². The van der Waals surface area contributed by atoms with E-state index in [0.717, 1.165) is 12.4 Å². The van der Waals surface area contributed by atoms with Crippen LogP contribution in [0.4, 0.5) is 20.2 Å². The number of aryl methyl sites for hydroxylation is 2. The molecule has 4 rings (SSSR count). The number of nitrogens with zero attached hydrogens (tertiary/aromatic N) is 6. The second-order valence-electron chi connectivity index (χ2n) is 7.02. The van der Waals surface area contributed by atoms with E-state index in [0.29, 0.717) is 28.3 Å². The van der Waals surface area contributed by atoms with Crippen molar-refractivity contribution in [3.63, 3.8) is 0 Å². The summed E-state index contributed by atoms with van der Waals surface area (Å²) in [6, 6.07) is 9.07. The minimum Gasteiger partial charge on any atom is -0.366 e. The summed E-state index contributed by atoms with van der Waals surface area (Å²) in [5.74, 6) is -1.07. The lowest BCUT2D eigenvalue weighted by molar-refractivity contribution is -0.384. The summed E-state index contributed by atoms with van der Waals surface area (Å²) in [5, 5.41) is 22.8. The first-order valence-electron chi connectivity index (χ1n) is 9.48. The second kappa shape index (κ2) is 8.46. The lowest BCUT2D eigenvalue weighted by Gasteiger charge is -2.20. The Morgan fingerprint density at radius 3 is 2.12 bits per heavy atom. The Morgan fingerprint density at radius 2 is 1.66 bits per heavy atom. The maximum Gasteiger partial charge on any atom is 0.292 e. The number of halogens is 2. The van der Waals surface area contributed by atoms with Gasteiger partial charge in [0.2, 0.25) is 0 Å². The molecule has 0 saturated carbocycles. The molecule has 0 radical (unpaired) electrons. The number of pyridine rings is 2. The van der Waals surface area contributed by atoms with Crippen molar-refractivity contribution >= 4 is 11.4 Å². The van der Waals surface area contributed by atoms with Gasteiger partial charge in [0, 0.05) is 18.7 Å². The normalized spacial score (nSPS) is 11.0. The van der Waals surface area contributed by atoms with Crippen molar-refractivity contribution in [1.82, 2.24) is 25.0 Å². The van der Waals surface area contributed by atoms with Gasteiger partial charge in [-0.1, -0.05) is 5.21 Å². The summed E-state index contributed by atoms with van der Waals surface area (Å²) in [4.78, 5) is 19.3. The zero-order valence-corrected chi connectivity index (χ0v) is 17.0. The third kappa shape index (κ3) is 4.13. The molecule has 9 nitrogen and oxygen atoms in total. The van der Waals surface area contributed by atoms with Gasteiger partial charge in [-0.05, 0) is 43.3 Å². The number of nitro groups is 1. The van der Waals surface area contributed by atoms with Crippen LogP contribution in [0.2, 0.25) is 0 Å². The largest absolute Gasteiger partial charge is 0.366 e. The van der Waals surface area contributed by atoms with E-state index < -0.39 is 22.6 Å². The third-order valence-corrected chi connectivity index (χ3v) is 4.85. The fourth-order valence-electron chi connectivity index (χ4n) is 3.39. The molecular formula is C21H17F2N7O2. The summed E-state index contributed by atoms with van der Waals surface area (Å²) >= 11 is 0. The molecule has 0 aliphatic rings. The van der Waals surface area contributed by atoms with Crippen LogP contribution in [0.5, 0.6) is 0 Å². The van der Waals surface area contributed by atoms with E-state index in [2.05, 4.69) is 25.6 Å². The molecule has 162 valence electrons. The molecule has 11 heteroatoms. The van der Waals surface area contributed by atoms with E-state index in [9.17, 15) is 18.9 Å². The highest BCUT2D eigenvalue weighted by Gasteiger charge is 2.23. The second-order valence-corrected chi connectivity index (χ2v) is 7.02. The molecule has 3 heterocycles. The average molecular weight is 437 g/mol. The summed E-state index contributed by atoms with van der Waals surface area (Å²) in [6.07, 6.45) is 2.06. The van der Waals surface area contributed by atoms with Crippen LogP contribution in [0.15, 0.2) is 54.9 Å². The number of rotatable bonds is 6. The van der Waals surface area contributed by atoms with E-state index in [1.165, 1.54) is 30.3 Å². The van der Waals surface area contributed by atoms with Crippen molar-refractivity contribution in [2.24, 2.45) is 7.05 Å². The topological polar surface area (TPSA) is 112 Å². The van der Waals surface area contributed by atoms with Crippen molar-refractivity contribution in [2.75, 3.05) is 5.32 Å². The molecule has 0 aliphatic carbocycles. The number of hydrogen-bond acceptors (Lipinski definition) is 7. The van der Waals surface area contributed by atoms with E-state index in [1.54, 1.807) is 30.8 Å². The van der Waals surface area contributed by atoms with Crippen LogP contribution in [0, 0.1) is 28.7 Å². The Morgan fingerprint density at radius 1 is 1.03 bits per heavy atom. The maximum absolute atomic E-state index is 13.4. The predicted molar refractivity (Wildman–Crippen MR) is 112 cm³/mol. The Kier molecular flexibility index (Phi) is 5.54. The lowest BCUT2D eigenvalue weighted by Crippen LogP contribution is -2.16. The van der Waals surface area contributed by atoms with E-state index >= 15 is 0 Å². The number of nitro benzene ring substituents is 1. The van der Waals surface area contributed by atoms with Crippen molar-refractivity contribution in [3.05, 3.63) is 93.7 Å². The molecule has 0 fully saturated rings. The van der Waals surface area contributed by atoms with Crippen LogP contribution in [0.1, 0.15) is 23.1 Å². The molecule has 0 unspecified atom stereocenters. The van der Waals surface area contributed by atoms with Crippen LogP contribution in [0.3, 0.4) is 0 Å². The molecule has 32 heavy (non-hydrogen) atoms. The molecule has 0 atom stereocenters. The SMILES string of the molecule is Cc1nnn(C)c1-c1ccc([N+](=O)[O-])c(NC(c2ccc(F)cn2)c2ccc(F)cn2)c1. The summed E-state index contributed by atoms with van der Waals surface area (Å²) in [6.45, 7) is 1.78. The molecule has 1 N–H and O–H groups in total. The number of anilines is 1. The number of aromatic nitrogens is 5. The summed E-state index contributed by atoms with van der Waals surface area (Å²) < 4.78 is 28.4. The third-order valence-electron chi connectivity index (χ3n) is 4.85. The average Bonchev–Trinajstić information content (AvgIpc) is 3.11. The smallest absolute Gasteiger partial charge is 0.292 e. The number of hydrogen-bond donors (Lipinski definition) is 1. The van der Waals surface area contributed by atoms with Crippen molar-refractivity contribution in [3.8, 4) is 11.3 Å². The molecule has 0 bridgehead atoms. The quantitative estimate of drug-likeness (QED) is 0.359. The van der Waals surface area contributed by atoms with Gasteiger partial charge in [-0.3, -0.25) is 20.1 Å². The fourth-order valence-corrected chi connectivity index (χ4v) is 3.39. The first kappa shape index (κ1) is 21.0. The zero-order valence-electron chi connectivity index (χ0n) is 17.0. The van der Waals surface area contributed by atoms with Gasteiger partial charge in [0.15, 0.2) is 0 Å². The Labute approximate surface area is 180 Å². The molecule has 1 aromatic carbocycles. The summed E-state index contributed by atoms with van der Waals surface area (Å²) in [7, 11) is 1.72. The molecule has 4 aromatic rings. The predicted octanol–water partition coefficient (Wildman–Crippen LogP) is 3.97. The zero-order chi connectivity index (χ0) is 22.8. The van der Waals surface area contributed by atoms with Gasteiger partial charge in [-0.2, -0.15) is 0 Å². The van der Waals surface area contributed by atoms with Crippen LogP contribution < -0.4 is 5.32 Å². The van der Waals surface area contributed by atoms with Crippen molar-refractivity contribution in [2.45, 2.75) is 13.0 Å². The van der Waals surface area contributed by atoms with Gasteiger partial charge >= 0.3 is 0 Å². The van der Waals surface area contributed by atoms with Gasteiger partial charge < -0.3 is 5.32 Å². The van der Waals surface area contributed by atoms with E-state index in [4.69, 9.17) is 0 Å². The Hall–Kier alpha value is -4.28. The van der Waals surface area contributed by atoms with Crippen molar-refractivity contribution < 1.29 is 13.7 Å². The molecule has 0 saturated heterocycles. The van der Waals surface area contributed by atoms with Crippen LogP contribution in [0.25, 0.3) is 11.3 Å². The Balaban J connectivity index is 1.83. The molecule has 3 aromatic heterocycles. The van der Waals surface area contributed by atoms with E-state index in [-0.39, 0.29) is 11.4 Å². The van der Waals surface area contributed by atoms with Crippen molar-refractivity contribution in [1.29, 1.82) is 0 Å². The fraction of sp³-hybridized carbons (Fsp3) is 0.143. The van der Waals surface area contributed by atoms with Gasteiger partial charge in [0.25, 0.3) is 5.69 Å². The number of benzene rings is 1. The van der Waals surface area contributed by atoms with Crippen LogP contribution >= 0.6 is 0 Å². The summed E-state index contributed by atoms with van der Waals surface area (Å²) in [5.41, 5.74) is 2.70. The Bertz CT molecular complexity index is 1210. The first-order valence-corrected chi connectivity index (χ1v) is 9.48. The highest BCUT2D eigenvalue weighted by atomic mass is 19.1. The highest BCUT2D eigenvalue weighted by molar-refractivity contribution is 5.74. The monoisotopic (exact) mass is 437 g/mol. The van der Waals surface area contributed by atoms with Crippen LogP contribution in [-0.4, -0.2) is 29.9 Å².